The van der Waals surface area contributed by atoms with Crippen molar-refractivity contribution in [2.24, 2.45) is 11.8 Å². The lowest BCUT2D eigenvalue weighted by Crippen LogP contribution is -2.31. The van der Waals surface area contributed by atoms with Crippen LogP contribution in [0.2, 0.25) is 0 Å². The summed E-state index contributed by atoms with van der Waals surface area (Å²) in [6.07, 6.45) is 6.59. The Kier molecular flexibility index (Phi) is 6.27. The zero-order chi connectivity index (χ0) is 21.8. The third-order valence-electron chi connectivity index (χ3n) is 6.58. The monoisotopic (exact) mass is 415 g/mol. The molecule has 2 aromatic carbocycles. The normalized spacial score (nSPS) is 19.5. The molecule has 0 spiro atoms. The van der Waals surface area contributed by atoms with Crippen molar-refractivity contribution in [3.05, 3.63) is 71.7 Å². The van der Waals surface area contributed by atoms with E-state index in [-0.39, 0.29) is 17.6 Å². The first-order valence-electron chi connectivity index (χ1n) is 10.9. The number of nitrogens with one attached hydrogen (secondary N) is 1. The van der Waals surface area contributed by atoms with Crippen molar-refractivity contribution in [1.82, 2.24) is 4.98 Å². The fraction of sp³-hybridized carbons (Fsp3) is 0.346. The molecule has 1 atom stereocenters. The van der Waals surface area contributed by atoms with Gasteiger partial charge in [0.2, 0.25) is 5.91 Å². The molecule has 1 heterocycles. The number of carbonyl (C=O) groups excluding carboxylic acids is 1. The fourth-order valence-corrected chi connectivity index (χ4v) is 4.93. The second-order valence-electron chi connectivity index (χ2n) is 8.37. The number of aromatic nitrogens is 1. The van der Waals surface area contributed by atoms with Crippen LogP contribution in [-0.4, -0.2) is 10.9 Å². The smallest absolute Gasteiger partial charge is 0.227 e. The van der Waals surface area contributed by atoms with Gasteiger partial charge < -0.3 is 5.32 Å². The van der Waals surface area contributed by atoms with Gasteiger partial charge in [-0.25, -0.2) is 4.39 Å². The lowest BCUT2D eigenvalue weighted by molar-refractivity contribution is -0.122. The van der Waals surface area contributed by atoms with Crippen LogP contribution < -0.4 is 5.32 Å². The minimum atomic E-state index is -0.264. The van der Waals surface area contributed by atoms with Gasteiger partial charge in [0.05, 0.1) is 17.1 Å². The summed E-state index contributed by atoms with van der Waals surface area (Å²) in [5.74, 6) is 0.525. The van der Waals surface area contributed by atoms with Gasteiger partial charge in [-0.05, 0) is 92.0 Å². The minimum Gasteiger partial charge on any atom is -0.326 e. The summed E-state index contributed by atoms with van der Waals surface area (Å²) in [6.45, 7) is 2.07. The number of hydrogen-bond acceptors (Lipinski definition) is 3. The maximum atomic E-state index is 13.6. The SMILES string of the molecule is CC[C@@H](C(=O)Nc1ccc(C#N)cc1)C1CCC(c2ccnc3cc(F)ccc23)CC1. The highest BCUT2D eigenvalue weighted by molar-refractivity contribution is 5.92. The molecule has 4 nitrogen and oxygen atoms in total. The summed E-state index contributed by atoms with van der Waals surface area (Å²) in [6, 6.07) is 15.9. The standard InChI is InChI=1S/C26H26FN3O/c1-2-22(26(31)30-21-10-3-17(16-28)4-11-21)18-5-7-19(8-6-18)23-13-14-29-25-15-20(27)9-12-24(23)25/h3-4,9-15,18-19,22H,2,5-8H2,1H3,(H,30,31)/t18?,19?,22-/m1/s1. The van der Waals surface area contributed by atoms with Gasteiger partial charge in [-0.2, -0.15) is 5.26 Å². The number of halogens is 1. The number of benzene rings is 2. The number of fused-ring (bicyclic) bond motifs is 1. The van der Waals surface area contributed by atoms with Crippen molar-refractivity contribution in [3.8, 4) is 6.07 Å². The molecule has 0 aliphatic heterocycles. The van der Waals surface area contributed by atoms with Gasteiger partial charge in [0, 0.05) is 29.3 Å². The highest BCUT2D eigenvalue weighted by Crippen LogP contribution is 2.41. The minimum absolute atomic E-state index is 0.0279. The third-order valence-corrected chi connectivity index (χ3v) is 6.58. The molecule has 1 saturated carbocycles. The van der Waals surface area contributed by atoms with Gasteiger partial charge in [-0.15, -0.1) is 0 Å². The number of rotatable bonds is 5. The Hall–Kier alpha value is -3.26. The van der Waals surface area contributed by atoms with Crippen molar-refractivity contribution < 1.29 is 9.18 Å². The van der Waals surface area contributed by atoms with E-state index in [9.17, 15) is 9.18 Å². The van der Waals surface area contributed by atoms with Gasteiger partial charge >= 0.3 is 0 Å². The van der Waals surface area contributed by atoms with Gasteiger partial charge in [0.1, 0.15) is 5.82 Å². The summed E-state index contributed by atoms with van der Waals surface area (Å²) < 4.78 is 13.6. The Morgan fingerprint density at radius 1 is 1.16 bits per heavy atom. The van der Waals surface area contributed by atoms with E-state index in [4.69, 9.17) is 5.26 Å². The van der Waals surface area contributed by atoms with Crippen molar-refractivity contribution in [2.75, 3.05) is 5.32 Å². The Labute approximate surface area is 182 Å². The van der Waals surface area contributed by atoms with Crippen LogP contribution in [0.5, 0.6) is 0 Å². The quantitative estimate of drug-likeness (QED) is 0.541. The lowest BCUT2D eigenvalue weighted by Gasteiger charge is -2.33. The molecule has 3 aromatic rings. The molecular formula is C26H26FN3O. The summed E-state index contributed by atoms with van der Waals surface area (Å²) in [7, 11) is 0. The highest BCUT2D eigenvalue weighted by atomic mass is 19.1. The van der Waals surface area contributed by atoms with Crippen LogP contribution in [-0.2, 0) is 4.79 Å². The van der Waals surface area contributed by atoms with E-state index >= 15 is 0 Å². The van der Waals surface area contributed by atoms with Crippen LogP contribution in [0.25, 0.3) is 10.9 Å². The number of carbonyl (C=O) groups is 1. The summed E-state index contributed by atoms with van der Waals surface area (Å²) >= 11 is 0. The summed E-state index contributed by atoms with van der Waals surface area (Å²) in [5.41, 5.74) is 3.24. The van der Waals surface area contributed by atoms with Crippen LogP contribution >= 0.6 is 0 Å². The average Bonchev–Trinajstić information content (AvgIpc) is 2.80. The van der Waals surface area contributed by atoms with Crippen LogP contribution in [0.15, 0.2) is 54.7 Å². The predicted molar refractivity (Wildman–Crippen MR) is 120 cm³/mol. The molecule has 1 N–H and O–H groups in total. The number of anilines is 1. The molecule has 0 saturated heterocycles. The zero-order valence-corrected chi connectivity index (χ0v) is 17.6. The Morgan fingerprint density at radius 3 is 2.58 bits per heavy atom. The first-order chi connectivity index (χ1) is 15.1. The molecule has 1 aliphatic carbocycles. The second kappa shape index (κ2) is 9.26. The van der Waals surface area contributed by atoms with Crippen molar-refractivity contribution in [1.29, 1.82) is 5.26 Å². The van der Waals surface area contributed by atoms with E-state index in [1.807, 2.05) is 6.07 Å². The number of pyridine rings is 1. The fourth-order valence-electron chi connectivity index (χ4n) is 4.93. The van der Waals surface area contributed by atoms with Crippen LogP contribution in [0.3, 0.4) is 0 Å². The number of amides is 1. The topological polar surface area (TPSA) is 65.8 Å². The maximum Gasteiger partial charge on any atom is 0.227 e. The Bertz CT molecular complexity index is 1110. The van der Waals surface area contributed by atoms with Crippen molar-refractivity contribution in [3.63, 3.8) is 0 Å². The molecule has 5 heteroatoms. The second-order valence-corrected chi connectivity index (χ2v) is 8.37. The van der Waals surface area contributed by atoms with Crippen LogP contribution in [0, 0.1) is 29.0 Å². The van der Waals surface area contributed by atoms with E-state index in [1.54, 1.807) is 30.5 Å². The molecule has 0 unspecified atom stereocenters. The molecule has 4 rings (SSSR count). The van der Waals surface area contributed by atoms with Crippen molar-refractivity contribution in [2.45, 2.75) is 44.9 Å². The lowest BCUT2D eigenvalue weighted by atomic mass is 9.72. The number of hydrogen-bond donors (Lipinski definition) is 1. The van der Waals surface area contributed by atoms with Gasteiger partial charge in [0.15, 0.2) is 0 Å². The molecule has 31 heavy (non-hydrogen) atoms. The highest BCUT2D eigenvalue weighted by Gasteiger charge is 2.32. The zero-order valence-electron chi connectivity index (χ0n) is 17.6. The number of nitrogens with zero attached hydrogens (tertiary/aromatic N) is 2. The molecule has 1 fully saturated rings. The van der Waals surface area contributed by atoms with E-state index in [1.165, 1.54) is 17.7 Å². The van der Waals surface area contributed by atoms with E-state index in [0.717, 1.165) is 43.2 Å². The number of nitriles is 1. The molecule has 158 valence electrons. The molecule has 1 amide bonds. The van der Waals surface area contributed by atoms with Crippen LogP contribution in [0.1, 0.15) is 56.1 Å². The van der Waals surface area contributed by atoms with Gasteiger partial charge in [-0.1, -0.05) is 6.92 Å². The van der Waals surface area contributed by atoms with Gasteiger partial charge in [-0.3, -0.25) is 9.78 Å². The molecule has 1 aliphatic rings. The Balaban J connectivity index is 1.42. The van der Waals surface area contributed by atoms with Gasteiger partial charge in [0.25, 0.3) is 0 Å². The molecular weight excluding hydrogens is 389 g/mol. The predicted octanol–water partition coefficient (Wildman–Crippen LogP) is 6.18. The first-order valence-corrected chi connectivity index (χ1v) is 10.9. The summed E-state index contributed by atoms with van der Waals surface area (Å²) in [5, 5.41) is 13.0. The van der Waals surface area contributed by atoms with Crippen LogP contribution in [0.4, 0.5) is 10.1 Å². The molecule has 0 bridgehead atoms. The third kappa shape index (κ3) is 4.59. The molecule has 0 radical (unpaired) electrons. The maximum absolute atomic E-state index is 13.6. The van der Waals surface area contributed by atoms with E-state index in [0.29, 0.717) is 22.9 Å². The van der Waals surface area contributed by atoms with Crippen molar-refractivity contribution >= 4 is 22.5 Å². The molecule has 1 aromatic heterocycles. The van der Waals surface area contributed by atoms with E-state index in [2.05, 4.69) is 29.4 Å². The Morgan fingerprint density at radius 2 is 1.90 bits per heavy atom. The average molecular weight is 416 g/mol. The summed E-state index contributed by atoms with van der Waals surface area (Å²) in [4.78, 5) is 17.3. The first kappa shape index (κ1) is 21.0. The largest absolute Gasteiger partial charge is 0.326 e. The van der Waals surface area contributed by atoms with E-state index < -0.39 is 0 Å².